The van der Waals surface area contributed by atoms with Crippen molar-refractivity contribution in [1.29, 1.82) is 0 Å². The minimum Gasteiger partial charge on any atom is -0.394 e. The largest absolute Gasteiger partial charge is 0.394 e. The second-order valence-corrected chi connectivity index (χ2v) is 22.2. The molecule has 14 unspecified atom stereocenters. The summed E-state index contributed by atoms with van der Waals surface area (Å²) < 4.78 is 23.2. The van der Waals surface area contributed by atoms with Crippen LogP contribution in [0.3, 0.4) is 0 Å². The summed E-state index contributed by atoms with van der Waals surface area (Å²) >= 11 is 0. The number of aliphatic hydroxyl groups is 9. The standard InChI is InChI=1S/C58H112N2O15/c1-4-6-8-10-12-14-16-18-20-21-22-23-24-25-27-29-31-33-35-37-39-46(65)56(71)60-44(50(66)45(64)38-36-34-32-30-28-26-19-17-15-13-11-9-7-5-2)42-72-58-54(70)55(52(68)48(41-62)74-58)75-57-49(59-43(3)63)53(69)51(67)47(40-61)73-57/h44-55,57-58,61-62,64-70H,4-42H2,1-3H3,(H,59,63)(H,60,71). The monoisotopic (exact) mass is 1080 g/mol. The van der Waals surface area contributed by atoms with Crippen LogP contribution in [-0.2, 0) is 28.5 Å². The first-order chi connectivity index (χ1) is 36.3. The van der Waals surface area contributed by atoms with E-state index in [1.165, 1.54) is 154 Å². The molecule has 2 heterocycles. The number of nitrogens with one attached hydrogen (secondary N) is 2. The smallest absolute Gasteiger partial charge is 0.249 e. The topological polar surface area (TPSA) is 277 Å². The Bertz CT molecular complexity index is 1370. The molecule has 0 aromatic heterocycles. The van der Waals surface area contributed by atoms with Gasteiger partial charge in [-0.3, -0.25) is 9.59 Å². The first-order valence-electron chi connectivity index (χ1n) is 30.4. The predicted octanol–water partition coefficient (Wildman–Crippen LogP) is 7.42. The highest BCUT2D eigenvalue weighted by molar-refractivity contribution is 5.80. The molecule has 0 aromatic rings. The Balaban J connectivity index is 1.92. The average molecular weight is 1080 g/mol. The third kappa shape index (κ3) is 30.0. The van der Waals surface area contributed by atoms with Crippen LogP contribution in [0.2, 0.25) is 0 Å². The number of amides is 2. The molecule has 2 saturated heterocycles. The van der Waals surface area contributed by atoms with Gasteiger partial charge in [0.1, 0.15) is 61.0 Å². The fraction of sp³-hybridized carbons (Fsp3) is 0.966. The molecule has 0 saturated carbocycles. The molecule has 17 nitrogen and oxygen atoms in total. The van der Waals surface area contributed by atoms with Crippen LogP contribution in [0.1, 0.15) is 252 Å². The van der Waals surface area contributed by atoms with Crippen molar-refractivity contribution in [2.45, 2.75) is 338 Å². The molecule has 75 heavy (non-hydrogen) atoms. The van der Waals surface area contributed by atoms with Gasteiger partial charge in [0.25, 0.3) is 0 Å². The van der Waals surface area contributed by atoms with Gasteiger partial charge in [-0.2, -0.15) is 0 Å². The molecule has 0 aromatic carbocycles. The lowest BCUT2D eigenvalue weighted by molar-refractivity contribution is -0.348. The van der Waals surface area contributed by atoms with Crippen LogP contribution in [0.25, 0.3) is 0 Å². The van der Waals surface area contributed by atoms with Crippen LogP contribution >= 0.6 is 0 Å². The Morgan fingerprint density at radius 2 is 0.867 bits per heavy atom. The minimum atomic E-state index is -1.85. The lowest BCUT2D eigenvalue weighted by Gasteiger charge is -2.47. The molecule has 0 bridgehead atoms. The van der Waals surface area contributed by atoms with Crippen LogP contribution < -0.4 is 10.6 Å². The van der Waals surface area contributed by atoms with E-state index in [9.17, 15) is 55.5 Å². The Hall–Kier alpha value is -1.58. The van der Waals surface area contributed by atoms with Crippen LogP contribution in [-0.4, -0.2) is 163 Å². The first-order valence-corrected chi connectivity index (χ1v) is 30.4. The first kappa shape index (κ1) is 69.5. The summed E-state index contributed by atoms with van der Waals surface area (Å²) in [6, 6.07) is -2.72. The van der Waals surface area contributed by atoms with Crippen LogP contribution in [0.5, 0.6) is 0 Å². The van der Waals surface area contributed by atoms with Crippen LogP contribution in [0.4, 0.5) is 0 Å². The summed E-state index contributed by atoms with van der Waals surface area (Å²) in [5.74, 6) is -1.39. The maximum atomic E-state index is 13.5. The summed E-state index contributed by atoms with van der Waals surface area (Å²) in [5, 5.41) is 103. The number of carbonyl (C=O) groups excluding carboxylic acids is 2. The van der Waals surface area contributed by atoms with Crippen molar-refractivity contribution in [3.8, 4) is 0 Å². The van der Waals surface area contributed by atoms with Gasteiger partial charge in [-0.05, 0) is 12.8 Å². The molecule has 2 rings (SSSR count). The number of rotatable bonds is 48. The van der Waals surface area contributed by atoms with Gasteiger partial charge >= 0.3 is 0 Å². The van der Waals surface area contributed by atoms with Crippen molar-refractivity contribution in [3.63, 3.8) is 0 Å². The lowest BCUT2D eigenvalue weighted by Crippen LogP contribution is -2.68. The zero-order chi connectivity index (χ0) is 55.1. The van der Waals surface area contributed by atoms with E-state index in [4.69, 9.17) is 18.9 Å². The van der Waals surface area contributed by atoms with Gasteiger partial charge in [0, 0.05) is 6.92 Å². The molecule has 17 heteroatoms. The minimum absolute atomic E-state index is 0.196. The van der Waals surface area contributed by atoms with Gasteiger partial charge in [-0.15, -0.1) is 0 Å². The zero-order valence-electron chi connectivity index (χ0n) is 47.1. The number of hydrogen-bond acceptors (Lipinski definition) is 15. The molecule has 444 valence electrons. The Morgan fingerprint density at radius 1 is 0.493 bits per heavy atom. The normalized spacial score (nSPS) is 25.7. The van der Waals surface area contributed by atoms with Crippen molar-refractivity contribution in [1.82, 2.24) is 10.6 Å². The summed E-state index contributed by atoms with van der Waals surface area (Å²) in [6.45, 7) is 3.57. The zero-order valence-corrected chi connectivity index (χ0v) is 47.1. The number of unbranched alkanes of at least 4 members (excludes halogenated alkanes) is 32. The SMILES string of the molecule is CCCCCCCCCCCCCCCCCCCCCCC(O)C(=O)NC(COC1OC(CO)C(O)C(OC2OC(CO)C(O)C(O)C2NC(C)=O)C1O)C(O)C(O)CCCCCCCCCCCCCCCC. The number of carbonyl (C=O) groups is 2. The molecule has 0 spiro atoms. The summed E-state index contributed by atoms with van der Waals surface area (Å²) in [5.41, 5.74) is 0. The van der Waals surface area contributed by atoms with E-state index in [0.29, 0.717) is 12.8 Å². The highest BCUT2D eigenvalue weighted by atomic mass is 16.7. The number of ether oxygens (including phenoxy) is 4. The van der Waals surface area contributed by atoms with Crippen molar-refractivity contribution >= 4 is 11.8 Å². The summed E-state index contributed by atoms with van der Waals surface area (Å²) in [6.07, 6.45) is 22.7. The Kier molecular flexibility index (Phi) is 41.0. The van der Waals surface area contributed by atoms with E-state index in [1.54, 1.807) is 0 Å². The van der Waals surface area contributed by atoms with E-state index in [1.807, 2.05) is 0 Å². The van der Waals surface area contributed by atoms with Crippen molar-refractivity contribution in [2.75, 3.05) is 19.8 Å². The summed E-state index contributed by atoms with van der Waals surface area (Å²) in [7, 11) is 0. The van der Waals surface area contributed by atoms with Crippen molar-refractivity contribution < 1.29 is 74.5 Å². The Labute approximate surface area is 453 Å². The highest BCUT2D eigenvalue weighted by Gasteiger charge is 2.51. The maximum Gasteiger partial charge on any atom is 0.249 e. The van der Waals surface area contributed by atoms with Crippen LogP contribution in [0.15, 0.2) is 0 Å². The predicted molar refractivity (Wildman–Crippen MR) is 291 cm³/mol. The molecule has 2 fully saturated rings. The van der Waals surface area contributed by atoms with E-state index < -0.39 is 117 Å². The molecule has 2 aliphatic heterocycles. The van der Waals surface area contributed by atoms with Crippen molar-refractivity contribution in [2.24, 2.45) is 0 Å². The molecular weight excluding hydrogens is 965 g/mol. The molecule has 2 aliphatic rings. The molecular formula is C58H112N2O15. The quantitative estimate of drug-likeness (QED) is 0.0265. The molecule has 14 atom stereocenters. The van der Waals surface area contributed by atoms with Gasteiger partial charge in [0.15, 0.2) is 12.6 Å². The van der Waals surface area contributed by atoms with Gasteiger partial charge in [0.2, 0.25) is 11.8 Å². The summed E-state index contributed by atoms with van der Waals surface area (Å²) in [4.78, 5) is 25.5. The van der Waals surface area contributed by atoms with E-state index in [2.05, 4.69) is 24.5 Å². The highest BCUT2D eigenvalue weighted by Crippen LogP contribution is 2.30. The Morgan fingerprint density at radius 3 is 1.27 bits per heavy atom. The molecule has 0 radical (unpaired) electrons. The molecule has 11 N–H and O–H groups in total. The van der Waals surface area contributed by atoms with Gasteiger partial charge in [-0.1, -0.05) is 232 Å². The third-order valence-electron chi connectivity index (χ3n) is 15.4. The van der Waals surface area contributed by atoms with Gasteiger partial charge in [0.05, 0.1) is 32.0 Å². The molecule has 2 amide bonds. The fourth-order valence-electron chi connectivity index (χ4n) is 10.5. The van der Waals surface area contributed by atoms with Crippen molar-refractivity contribution in [3.05, 3.63) is 0 Å². The van der Waals surface area contributed by atoms with Crippen LogP contribution in [0, 0.1) is 0 Å². The van der Waals surface area contributed by atoms with Gasteiger partial charge < -0.3 is 75.5 Å². The number of hydrogen-bond donors (Lipinski definition) is 11. The number of aliphatic hydroxyl groups excluding tert-OH is 9. The third-order valence-corrected chi connectivity index (χ3v) is 15.4. The lowest BCUT2D eigenvalue weighted by atomic mass is 9.95. The second-order valence-electron chi connectivity index (χ2n) is 22.2. The van der Waals surface area contributed by atoms with E-state index >= 15 is 0 Å². The molecule has 0 aliphatic carbocycles. The van der Waals surface area contributed by atoms with E-state index in [0.717, 1.165) is 58.3 Å². The van der Waals surface area contributed by atoms with E-state index in [-0.39, 0.29) is 12.8 Å². The van der Waals surface area contributed by atoms with Gasteiger partial charge in [-0.25, -0.2) is 0 Å². The fourth-order valence-corrected chi connectivity index (χ4v) is 10.5. The second kappa shape index (κ2) is 44.2. The maximum absolute atomic E-state index is 13.5. The average Bonchev–Trinajstić information content (AvgIpc) is 3.39.